The van der Waals surface area contributed by atoms with Crippen LogP contribution in [0.3, 0.4) is 0 Å². The molecule has 0 saturated heterocycles. The molecule has 0 aliphatic carbocycles. The van der Waals surface area contributed by atoms with E-state index in [4.69, 9.17) is 0 Å². The Labute approximate surface area is 102 Å². The minimum Gasteiger partial charge on any atom is -0.0974 e. The summed E-state index contributed by atoms with van der Waals surface area (Å²) in [6.45, 7) is 2.26. The first-order chi connectivity index (χ1) is 7.92. The predicted octanol–water partition coefficient (Wildman–Crippen LogP) is 5.27. The molecule has 1 heterocycles. The number of unbranched alkanes of at least 4 members (excludes halogenated alkanes) is 2. The average Bonchev–Trinajstić information content (AvgIpc) is 2.52. The number of allylic oxidation sites excluding steroid dienone is 3. The lowest BCUT2D eigenvalue weighted by atomic mass is 9.99. The fourth-order valence-electron chi connectivity index (χ4n) is 1.98. The zero-order valence-electron chi connectivity index (χ0n) is 9.78. The van der Waals surface area contributed by atoms with E-state index in [2.05, 4.69) is 48.7 Å². The van der Waals surface area contributed by atoms with E-state index in [1.807, 2.05) is 11.8 Å². The van der Waals surface area contributed by atoms with Gasteiger partial charge in [-0.25, -0.2) is 0 Å². The lowest BCUT2D eigenvalue weighted by molar-refractivity contribution is 0.735. The van der Waals surface area contributed by atoms with Crippen molar-refractivity contribution in [2.45, 2.75) is 37.5 Å². The Bertz CT molecular complexity index is 402. The van der Waals surface area contributed by atoms with Crippen LogP contribution in [0, 0.1) is 0 Å². The predicted molar refractivity (Wildman–Crippen MR) is 73.6 cm³/mol. The summed E-state index contributed by atoms with van der Waals surface area (Å²) in [6, 6.07) is 8.71. The molecule has 0 aromatic heterocycles. The van der Waals surface area contributed by atoms with Crippen LogP contribution in [0.1, 0.15) is 38.2 Å². The topological polar surface area (TPSA) is 0 Å². The Kier molecular flexibility index (Phi) is 4.29. The van der Waals surface area contributed by atoms with Crippen LogP contribution in [0.5, 0.6) is 0 Å². The molecule has 0 nitrogen and oxygen atoms in total. The van der Waals surface area contributed by atoms with Gasteiger partial charge in [0.05, 0.1) is 0 Å². The molecule has 0 unspecified atom stereocenters. The second kappa shape index (κ2) is 5.95. The lowest BCUT2D eigenvalue weighted by Crippen LogP contribution is -1.87. The van der Waals surface area contributed by atoms with Gasteiger partial charge in [0.25, 0.3) is 0 Å². The normalized spacial score (nSPS) is 14.2. The second-order valence-electron chi connectivity index (χ2n) is 4.09. The maximum atomic E-state index is 2.27. The molecule has 0 bridgehead atoms. The monoisotopic (exact) mass is 230 g/mol. The molecule has 1 aliphatic heterocycles. The van der Waals surface area contributed by atoms with Crippen LogP contribution in [-0.2, 0) is 0 Å². The van der Waals surface area contributed by atoms with E-state index < -0.39 is 0 Å². The highest BCUT2D eigenvalue weighted by atomic mass is 32.2. The molecule has 0 radical (unpaired) electrons. The molecule has 0 saturated carbocycles. The largest absolute Gasteiger partial charge is 0.0974 e. The minimum atomic E-state index is 1.20. The van der Waals surface area contributed by atoms with Crippen molar-refractivity contribution in [3.05, 3.63) is 47.4 Å². The van der Waals surface area contributed by atoms with Crippen molar-refractivity contribution in [3.63, 3.8) is 0 Å². The smallest absolute Gasteiger partial charge is 0.0191 e. The summed E-state index contributed by atoms with van der Waals surface area (Å²) in [4.78, 5) is 1.39. The SMILES string of the molecule is CCCCCC1=CC=CSc2ccccc21. The number of thioether (sulfide) groups is 1. The summed E-state index contributed by atoms with van der Waals surface area (Å²) < 4.78 is 0. The van der Waals surface area contributed by atoms with Gasteiger partial charge in [0.2, 0.25) is 0 Å². The first-order valence-corrected chi connectivity index (χ1v) is 6.91. The third-order valence-corrected chi connectivity index (χ3v) is 3.76. The zero-order chi connectivity index (χ0) is 11.2. The van der Waals surface area contributed by atoms with E-state index >= 15 is 0 Å². The van der Waals surface area contributed by atoms with Gasteiger partial charge in [0.15, 0.2) is 0 Å². The highest BCUT2D eigenvalue weighted by Crippen LogP contribution is 2.33. The maximum absolute atomic E-state index is 2.27. The molecular formula is C15H18S. The molecule has 1 aliphatic rings. The van der Waals surface area contributed by atoms with Crippen molar-refractivity contribution < 1.29 is 0 Å². The number of fused-ring (bicyclic) bond motifs is 1. The third-order valence-electron chi connectivity index (χ3n) is 2.85. The summed E-state index contributed by atoms with van der Waals surface area (Å²) in [6.07, 6.45) is 9.57. The Hall–Kier alpha value is -0.950. The molecule has 2 rings (SSSR count). The fraction of sp³-hybridized carbons (Fsp3) is 0.333. The van der Waals surface area contributed by atoms with Gasteiger partial charge in [-0.05, 0) is 35.5 Å². The van der Waals surface area contributed by atoms with Gasteiger partial charge in [0.1, 0.15) is 0 Å². The van der Waals surface area contributed by atoms with E-state index in [-0.39, 0.29) is 0 Å². The Morgan fingerprint density at radius 3 is 2.88 bits per heavy atom. The van der Waals surface area contributed by atoms with Crippen LogP contribution in [0.4, 0.5) is 0 Å². The van der Waals surface area contributed by atoms with Gasteiger partial charge in [-0.15, -0.1) is 0 Å². The van der Waals surface area contributed by atoms with E-state index in [1.54, 1.807) is 0 Å². The number of rotatable bonds is 4. The van der Waals surface area contributed by atoms with Crippen LogP contribution in [-0.4, -0.2) is 0 Å². The van der Waals surface area contributed by atoms with E-state index in [1.165, 1.54) is 41.7 Å². The molecule has 0 amide bonds. The number of benzene rings is 1. The van der Waals surface area contributed by atoms with Crippen molar-refractivity contribution in [1.82, 2.24) is 0 Å². The average molecular weight is 230 g/mol. The molecule has 16 heavy (non-hydrogen) atoms. The van der Waals surface area contributed by atoms with Crippen LogP contribution < -0.4 is 0 Å². The number of hydrogen-bond acceptors (Lipinski definition) is 1. The minimum absolute atomic E-state index is 1.20. The first-order valence-electron chi connectivity index (χ1n) is 6.03. The van der Waals surface area contributed by atoms with Gasteiger partial charge in [-0.3, -0.25) is 0 Å². The Morgan fingerprint density at radius 1 is 1.12 bits per heavy atom. The highest BCUT2D eigenvalue weighted by Gasteiger charge is 2.08. The van der Waals surface area contributed by atoms with Gasteiger partial charge in [-0.2, -0.15) is 0 Å². The molecule has 0 spiro atoms. The molecule has 0 atom stereocenters. The Morgan fingerprint density at radius 2 is 2.00 bits per heavy atom. The first kappa shape index (κ1) is 11.5. The van der Waals surface area contributed by atoms with Gasteiger partial charge < -0.3 is 0 Å². The summed E-state index contributed by atoms with van der Waals surface area (Å²) in [5.41, 5.74) is 2.92. The van der Waals surface area contributed by atoms with E-state index in [0.717, 1.165) is 0 Å². The standard InChI is InChI=1S/C15H18S/c1-2-3-4-8-13-9-7-12-16-15-11-6-5-10-14(13)15/h5-7,9-12H,2-4,8H2,1H3. The van der Waals surface area contributed by atoms with Crippen molar-refractivity contribution >= 4 is 17.3 Å². The molecule has 0 N–H and O–H groups in total. The maximum Gasteiger partial charge on any atom is 0.0191 e. The van der Waals surface area contributed by atoms with Crippen molar-refractivity contribution in [2.24, 2.45) is 0 Å². The van der Waals surface area contributed by atoms with Crippen LogP contribution >= 0.6 is 11.8 Å². The van der Waals surface area contributed by atoms with E-state index in [9.17, 15) is 0 Å². The summed E-state index contributed by atoms with van der Waals surface area (Å²) >= 11 is 1.82. The second-order valence-corrected chi connectivity index (χ2v) is 5.04. The van der Waals surface area contributed by atoms with Crippen molar-refractivity contribution in [3.8, 4) is 0 Å². The summed E-state index contributed by atoms with van der Waals surface area (Å²) in [5, 5.41) is 2.17. The van der Waals surface area contributed by atoms with Crippen molar-refractivity contribution in [2.75, 3.05) is 0 Å². The van der Waals surface area contributed by atoms with Crippen molar-refractivity contribution in [1.29, 1.82) is 0 Å². The van der Waals surface area contributed by atoms with Crippen LogP contribution in [0.15, 0.2) is 46.7 Å². The summed E-state index contributed by atoms with van der Waals surface area (Å²) in [5.74, 6) is 0. The summed E-state index contributed by atoms with van der Waals surface area (Å²) in [7, 11) is 0. The molecule has 1 heteroatoms. The zero-order valence-corrected chi connectivity index (χ0v) is 10.6. The van der Waals surface area contributed by atoms with Gasteiger partial charge in [-0.1, -0.05) is 61.9 Å². The van der Waals surface area contributed by atoms with Gasteiger partial charge >= 0.3 is 0 Å². The molecule has 1 aromatic rings. The van der Waals surface area contributed by atoms with Crippen LogP contribution in [0.2, 0.25) is 0 Å². The molecular weight excluding hydrogens is 212 g/mol. The quantitative estimate of drug-likeness (QED) is 0.635. The number of hydrogen-bond donors (Lipinski definition) is 0. The van der Waals surface area contributed by atoms with Crippen LogP contribution in [0.25, 0.3) is 5.57 Å². The van der Waals surface area contributed by atoms with E-state index in [0.29, 0.717) is 0 Å². The third kappa shape index (κ3) is 2.79. The molecule has 84 valence electrons. The van der Waals surface area contributed by atoms with Gasteiger partial charge in [0, 0.05) is 4.90 Å². The Balaban J connectivity index is 2.18. The molecule has 0 fully saturated rings. The highest BCUT2D eigenvalue weighted by molar-refractivity contribution is 8.02. The fourth-order valence-corrected chi connectivity index (χ4v) is 2.76. The lowest BCUT2D eigenvalue weighted by Gasteiger charge is -2.09. The molecule has 1 aromatic carbocycles.